The van der Waals surface area contributed by atoms with Gasteiger partial charge in [0.25, 0.3) is 0 Å². The van der Waals surface area contributed by atoms with Gasteiger partial charge in [-0.05, 0) is 90.2 Å². The van der Waals surface area contributed by atoms with Crippen LogP contribution >= 0.6 is 0 Å². The molecule has 0 aromatic carbocycles. The van der Waals surface area contributed by atoms with Crippen molar-refractivity contribution in [2.75, 3.05) is 0 Å². The number of nitriles is 1. The number of nitrogens with zero attached hydrogens (tertiary/aromatic N) is 1. The molecule has 0 amide bonds. The summed E-state index contributed by atoms with van der Waals surface area (Å²) in [5.74, 6) is 3.03. The Kier molecular flexibility index (Phi) is 4.56. The zero-order chi connectivity index (χ0) is 21.3. The van der Waals surface area contributed by atoms with Gasteiger partial charge in [0.05, 0.1) is 6.07 Å². The smallest absolute Gasteiger partial charge is 0.0911 e. The molecule has 5 aliphatic rings. The minimum Gasteiger partial charge on any atom is -0.193 e. The maximum Gasteiger partial charge on any atom is 0.0911 e. The fraction of sp³-hybridized carbons (Fsp3) is 0.690. The molecule has 0 saturated heterocycles. The predicted molar refractivity (Wildman–Crippen MR) is 125 cm³/mol. The summed E-state index contributed by atoms with van der Waals surface area (Å²) in [6.45, 7) is 12.6. The Balaban J connectivity index is 1.57. The number of hydrogen-bond acceptors (Lipinski definition) is 1. The van der Waals surface area contributed by atoms with Crippen LogP contribution in [0.4, 0.5) is 0 Å². The van der Waals surface area contributed by atoms with Crippen LogP contribution in [-0.2, 0) is 0 Å². The van der Waals surface area contributed by atoms with E-state index in [9.17, 15) is 5.26 Å². The summed E-state index contributed by atoms with van der Waals surface area (Å²) in [5, 5.41) is 9.19. The molecule has 0 radical (unpaired) electrons. The molecule has 3 saturated carbocycles. The summed E-state index contributed by atoms with van der Waals surface area (Å²) in [5.41, 5.74) is 7.20. The fourth-order valence-electron chi connectivity index (χ4n) is 8.62. The Morgan fingerprint density at radius 1 is 1.00 bits per heavy atom. The topological polar surface area (TPSA) is 23.8 Å². The van der Waals surface area contributed by atoms with Crippen molar-refractivity contribution in [2.24, 2.45) is 39.9 Å². The largest absolute Gasteiger partial charge is 0.193 e. The molecule has 0 aromatic rings. The highest BCUT2D eigenvalue weighted by Crippen LogP contribution is 2.70. The lowest BCUT2D eigenvalue weighted by Crippen LogP contribution is -2.55. The highest BCUT2D eigenvalue weighted by Gasteiger charge is 2.60. The molecule has 5 rings (SSSR count). The van der Waals surface area contributed by atoms with Gasteiger partial charge in [-0.3, -0.25) is 0 Å². The van der Waals surface area contributed by atoms with Crippen molar-refractivity contribution in [1.29, 1.82) is 5.26 Å². The molecule has 30 heavy (non-hydrogen) atoms. The van der Waals surface area contributed by atoms with E-state index in [1.54, 1.807) is 17.2 Å². The lowest BCUT2D eigenvalue weighted by molar-refractivity contribution is -0.0839. The van der Waals surface area contributed by atoms with Crippen molar-refractivity contribution in [3.8, 4) is 6.07 Å². The van der Waals surface area contributed by atoms with Gasteiger partial charge in [0.2, 0.25) is 0 Å². The zero-order valence-corrected chi connectivity index (χ0v) is 19.7. The highest BCUT2D eigenvalue weighted by atomic mass is 14.6. The van der Waals surface area contributed by atoms with Crippen LogP contribution in [0.5, 0.6) is 0 Å². The molecule has 5 aliphatic carbocycles. The first kappa shape index (κ1) is 20.4. The Morgan fingerprint density at radius 3 is 2.57 bits per heavy atom. The first-order chi connectivity index (χ1) is 14.2. The normalized spacial score (nSPS) is 48.8. The van der Waals surface area contributed by atoms with E-state index in [-0.39, 0.29) is 5.41 Å². The monoisotopic (exact) mass is 401 g/mol. The average Bonchev–Trinajstić information content (AvgIpc) is 2.71. The van der Waals surface area contributed by atoms with Crippen LogP contribution in [0, 0.1) is 51.2 Å². The van der Waals surface area contributed by atoms with Gasteiger partial charge in [-0.2, -0.15) is 5.26 Å². The van der Waals surface area contributed by atoms with Crippen LogP contribution in [0.3, 0.4) is 0 Å². The van der Waals surface area contributed by atoms with Gasteiger partial charge in [0, 0.05) is 17.4 Å². The molecule has 0 spiro atoms. The second-order valence-electron chi connectivity index (χ2n) is 12.1. The second kappa shape index (κ2) is 6.72. The zero-order valence-electron chi connectivity index (χ0n) is 19.7. The molecule has 7 atom stereocenters. The van der Waals surface area contributed by atoms with Gasteiger partial charge in [-0.1, -0.05) is 64.8 Å². The Hall–Kier alpha value is -1.55. The van der Waals surface area contributed by atoms with Crippen LogP contribution < -0.4 is 0 Å². The molecule has 0 bridgehead atoms. The summed E-state index contributed by atoms with van der Waals surface area (Å²) in [6.07, 6.45) is 20.0. The van der Waals surface area contributed by atoms with Crippen LogP contribution in [0.1, 0.15) is 86.0 Å². The third-order valence-corrected chi connectivity index (χ3v) is 10.6. The van der Waals surface area contributed by atoms with Crippen LogP contribution in [0.2, 0.25) is 0 Å². The molecule has 1 heteroatoms. The quantitative estimate of drug-likeness (QED) is 0.378. The summed E-state index contributed by atoms with van der Waals surface area (Å²) in [4.78, 5) is 0. The average molecular weight is 402 g/mol. The first-order valence-corrected chi connectivity index (χ1v) is 12.5. The van der Waals surface area contributed by atoms with E-state index < -0.39 is 0 Å². The SMILES string of the molecule is CC1CCC2(C)CCC3(C)C4=CC=C5C(=CC/C(=C\C#N)C5C)C4(C)CCC3C2C1. The molecule has 0 aliphatic heterocycles. The fourth-order valence-corrected chi connectivity index (χ4v) is 8.62. The number of rotatable bonds is 0. The van der Waals surface area contributed by atoms with Crippen molar-refractivity contribution < 1.29 is 0 Å². The molecule has 160 valence electrons. The van der Waals surface area contributed by atoms with Crippen molar-refractivity contribution in [1.82, 2.24) is 0 Å². The summed E-state index contributed by atoms with van der Waals surface area (Å²) < 4.78 is 0. The van der Waals surface area contributed by atoms with Crippen molar-refractivity contribution in [2.45, 2.75) is 86.0 Å². The van der Waals surface area contributed by atoms with E-state index in [4.69, 9.17) is 0 Å². The van der Waals surface area contributed by atoms with E-state index in [2.05, 4.69) is 58.9 Å². The molecule has 1 nitrogen and oxygen atoms in total. The standard InChI is InChI=1S/C29H39N/c1-19-10-13-27(3)15-16-29(5)24(25(27)18-19)11-14-28(4)23-8-6-21(12-17-30)20(2)22(23)7-9-26(28)29/h7-9,12,19-20,24-25H,6,10-11,13-16,18H2,1-5H3/b21-12+. The van der Waals surface area contributed by atoms with E-state index in [0.717, 1.165) is 24.2 Å². The van der Waals surface area contributed by atoms with E-state index in [1.165, 1.54) is 56.1 Å². The van der Waals surface area contributed by atoms with Gasteiger partial charge in [0.15, 0.2) is 0 Å². The first-order valence-electron chi connectivity index (χ1n) is 12.5. The highest BCUT2D eigenvalue weighted by molar-refractivity contribution is 5.57. The van der Waals surface area contributed by atoms with Crippen LogP contribution in [0.15, 0.2) is 46.6 Å². The minimum absolute atomic E-state index is 0.190. The lowest BCUT2D eigenvalue weighted by Gasteiger charge is -2.64. The van der Waals surface area contributed by atoms with Crippen molar-refractivity contribution in [3.05, 3.63) is 46.6 Å². The summed E-state index contributed by atoms with van der Waals surface area (Å²) in [7, 11) is 0. The van der Waals surface area contributed by atoms with Gasteiger partial charge < -0.3 is 0 Å². The molecular formula is C29H39N. The molecule has 0 N–H and O–H groups in total. The maximum absolute atomic E-state index is 9.19. The second-order valence-corrected chi connectivity index (χ2v) is 12.1. The van der Waals surface area contributed by atoms with Gasteiger partial charge >= 0.3 is 0 Å². The molecule has 7 unspecified atom stereocenters. The third kappa shape index (κ3) is 2.65. The molecule has 3 fully saturated rings. The van der Waals surface area contributed by atoms with Crippen molar-refractivity contribution >= 4 is 0 Å². The van der Waals surface area contributed by atoms with Gasteiger partial charge in [-0.25, -0.2) is 0 Å². The number of fused-ring (bicyclic) bond motifs is 7. The predicted octanol–water partition coefficient (Wildman–Crippen LogP) is 7.93. The van der Waals surface area contributed by atoms with E-state index in [0.29, 0.717) is 16.7 Å². The lowest BCUT2D eigenvalue weighted by atomic mass is 9.40. The maximum atomic E-state index is 9.19. The summed E-state index contributed by atoms with van der Waals surface area (Å²) in [6, 6.07) is 2.27. The van der Waals surface area contributed by atoms with Gasteiger partial charge in [0.1, 0.15) is 0 Å². The van der Waals surface area contributed by atoms with Gasteiger partial charge in [-0.15, -0.1) is 0 Å². The Bertz CT molecular complexity index is 923. The molecule has 0 aromatic heterocycles. The number of allylic oxidation sites excluding steroid dienone is 8. The molecule has 0 heterocycles. The van der Waals surface area contributed by atoms with Crippen LogP contribution in [0.25, 0.3) is 0 Å². The van der Waals surface area contributed by atoms with Crippen molar-refractivity contribution in [3.63, 3.8) is 0 Å². The Morgan fingerprint density at radius 2 is 1.80 bits per heavy atom. The minimum atomic E-state index is 0.190. The Labute approximate surface area is 184 Å². The molecular weight excluding hydrogens is 362 g/mol. The summed E-state index contributed by atoms with van der Waals surface area (Å²) >= 11 is 0. The van der Waals surface area contributed by atoms with E-state index in [1.807, 2.05) is 0 Å². The third-order valence-electron chi connectivity index (χ3n) is 10.6. The van der Waals surface area contributed by atoms with Crippen LogP contribution in [-0.4, -0.2) is 0 Å². The van der Waals surface area contributed by atoms with E-state index >= 15 is 0 Å². The number of hydrogen-bond donors (Lipinski definition) is 0.